The number of carbonyl (C=O) groups excluding carboxylic acids is 3. The third kappa shape index (κ3) is 13.7. The van der Waals surface area contributed by atoms with Crippen molar-refractivity contribution in [3.63, 3.8) is 0 Å². The number of nitrogens with zero attached hydrogens (tertiary/aromatic N) is 14. The third-order valence-electron chi connectivity index (χ3n) is 16.9. The molecule has 9 aromatic rings. The molecule has 3 aliphatic heterocycles. The molecular formula is C65H67Cl6N17O3. The van der Waals surface area contributed by atoms with Gasteiger partial charge in [0.05, 0.1) is 34.3 Å². The van der Waals surface area contributed by atoms with E-state index in [-0.39, 0.29) is 35.8 Å². The molecule has 3 aromatic carbocycles. The van der Waals surface area contributed by atoms with Crippen LogP contribution >= 0.6 is 69.6 Å². The van der Waals surface area contributed by atoms with Crippen LogP contribution < -0.4 is 17.2 Å². The summed E-state index contributed by atoms with van der Waals surface area (Å²) in [6.45, 7) is 8.70. The zero-order chi connectivity index (χ0) is 64.4. The van der Waals surface area contributed by atoms with Crippen LogP contribution in [0.5, 0.6) is 0 Å². The van der Waals surface area contributed by atoms with Crippen LogP contribution in [0.1, 0.15) is 50.2 Å². The van der Waals surface area contributed by atoms with Gasteiger partial charge in [-0.2, -0.15) is 0 Å². The Morgan fingerprint density at radius 1 is 0.484 bits per heavy atom. The first-order valence-corrected chi connectivity index (χ1v) is 31.9. The Balaban J connectivity index is 0.000000141. The number of benzene rings is 3. The molecule has 26 heteroatoms. The van der Waals surface area contributed by atoms with Gasteiger partial charge in [-0.05, 0) is 112 Å². The molecule has 0 spiro atoms. The van der Waals surface area contributed by atoms with Crippen LogP contribution in [0, 0.1) is 0 Å². The van der Waals surface area contributed by atoms with Gasteiger partial charge in [-0.3, -0.25) is 19.3 Å². The molecule has 4 aliphatic rings. The molecule has 91 heavy (non-hydrogen) atoms. The Morgan fingerprint density at radius 3 is 1.11 bits per heavy atom. The number of carbonyl (C=O) groups is 3. The number of anilines is 3. The van der Waals surface area contributed by atoms with Crippen molar-refractivity contribution in [3.05, 3.63) is 159 Å². The monoisotopic (exact) mass is 1340 g/mol. The number of nitrogen functional groups attached to an aromatic ring is 3. The normalized spacial score (nSPS) is 17.5. The highest BCUT2D eigenvalue weighted by Crippen LogP contribution is 2.46. The van der Waals surface area contributed by atoms with Gasteiger partial charge in [0.15, 0.2) is 0 Å². The molecule has 6 N–H and O–H groups in total. The Hall–Kier alpha value is -7.79. The van der Waals surface area contributed by atoms with E-state index in [9.17, 15) is 14.4 Å². The Labute approximate surface area is 556 Å². The molecule has 9 heterocycles. The fraction of sp³-hybridized carbons (Fsp3) is 0.308. The summed E-state index contributed by atoms with van der Waals surface area (Å²) in [6, 6.07) is 22.9. The maximum atomic E-state index is 12.8. The van der Waals surface area contributed by atoms with Crippen molar-refractivity contribution in [2.24, 2.45) is 0 Å². The third-order valence-corrected chi connectivity index (χ3v) is 18.8. The highest BCUT2D eigenvalue weighted by molar-refractivity contribution is 6.37. The molecule has 20 nitrogen and oxygen atoms in total. The number of aromatic nitrogens is 9. The van der Waals surface area contributed by atoms with Crippen molar-refractivity contribution >= 4 is 138 Å². The Bertz CT molecular complexity index is 4260. The smallest absolute Gasteiger partial charge is 0.246 e. The molecule has 0 unspecified atom stereocenters. The first kappa shape index (κ1) is 64.7. The number of amides is 3. The summed E-state index contributed by atoms with van der Waals surface area (Å²) in [5.41, 5.74) is 25.7. The van der Waals surface area contributed by atoms with Crippen LogP contribution in [0.2, 0.25) is 30.5 Å². The second kappa shape index (κ2) is 28.0. The van der Waals surface area contributed by atoms with Crippen LogP contribution in [0.3, 0.4) is 0 Å². The first-order valence-electron chi connectivity index (χ1n) is 29.7. The van der Waals surface area contributed by atoms with E-state index in [1.54, 1.807) is 29.2 Å². The Morgan fingerprint density at radius 2 is 0.802 bits per heavy atom. The molecule has 3 amide bonds. The van der Waals surface area contributed by atoms with E-state index in [0.717, 1.165) is 71.1 Å². The molecule has 6 aromatic heterocycles. The number of nitrogens with two attached hydrogens (primary N) is 3. The summed E-state index contributed by atoms with van der Waals surface area (Å²) in [4.78, 5) is 73.0. The topological polar surface area (TPSA) is 238 Å². The lowest BCUT2D eigenvalue weighted by Gasteiger charge is -2.17. The zero-order valence-electron chi connectivity index (χ0n) is 50.2. The summed E-state index contributed by atoms with van der Waals surface area (Å²) in [5.74, 6) is 1.05. The van der Waals surface area contributed by atoms with E-state index in [0.29, 0.717) is 121 Å². The van der Waals surface area contributed by atoms with E-state index in [1.807, 2.05) is 115 Å². The summed E-state index contributed by atoms with van der Waals surface area (Å²) < 4.78 is 5.93. The SMILES string of the molecule is C=CC(=O)N1CC[C@@H](n2c(Cl)c(-c3ccc(Cl)cc3)c3c(N)ncnc32)C1.CN(C)C/C=C/C(=O)N1CC[C@@H](n2c(Cl)c(-c3ccc(Cl)cc3)c3c(N)ncnc32)C1.CN(C/C=C/C(=O)N1CC[C@@H](n2c(Cl)c(-c3ccc(Cl)cc3)c3c(N)ncnc32)C1)C1CC1. The van der Waals surface area contributed by atoms with Gasteiger partial charge in [0.1, 0.15) is 68.8 Å². The van der Waals surface area contributed by atoms with Gasteiger partial charge in [0.2, 0.25) is 17.7 Å². The van der Waals surface area contributed by atoms with Crippen LogP contribution in [0.4, 0.5) is 17.5 Å². The van der Waals surface area contributed by atoms with Gasteiger partial charge >= 0.3 is 0 Å². The second-order valence-electron chi connectivity index (χ2n) is 23.1. The van der Waals surface area contributed by atoms with Crippen molar-refractivity contribution < 1.29 is 14.4 Å². The molecule has 0 bridgehead atoms. The van der Waals surface area contributed by atoms with E-state index < -0.39 is 0 Å². The van der Waals surface area contributed by atoms with E-state index >= 15 is 0 Å². The number of fused-ring (bicyclic) bond motifs is 3. The number of likely N-dealkylation sites (tertiary alicyclic amines) is 3. The maximum absolute atomic E-state index is 12.8. The predicted octanol–water partition coefficient (Wildman–Crippen LogP) is 12.2. The van der Waals surface area contributed by atoms with Crippen LogP contribution in [0.25, 0.3) is 66.5 Å². The minimum absolute atomic E-state index is 0.000694. The minimum Gasteiger partial charge on any atom is -0.383 e. The van der Waals surface area contributed by atoms with E-state index in [1.165, 1.54) is 37.9 Å². The highest BCUT2D eigenvalue weighted by Gasteiger charge is 2.35. The van der Waals surface area contributed by atoms with Gasteiger partial charge in [-0.15, -0.1) is 0 Å². The maximum Gasteiger partial charge on any atom is 0.246 e. The number of rotatable bonds is 14. The van der Waals surface area contributed by atoms with Gasteiger partial charge in [0.25, 0.3) is 0 Å². The summed E-state index contributed by atoms with van der Waals surface area (Å²) in [5, 5.41) is 5.66. The van der Waals surface area contributed by atoms with Gasteiger partial charge in [0, 0.05) is 102 Å². The molecule has 1 saturated carbocycles. The first-order chi connectivity index (χ1) is 43.8. The van der Waals surface area contributed by atoms with E-state index in [4.69, 9.17) is 86.8 Å². The van der Waals surface area contributed by atoms with Crippen molar-refractivity contribution in [1.29, 1.82) is 0 Å². The van der Waals surface area contributed by atoms with Crippen LogP contribution in [-0.2, 0) is 14.4 Å². The Kier molecular flexibility index (Phi) is 19.9. The number of hydrogen-bond acceptors (Lipinski definition) is 14. The number of likely N-dealkylation sites (N-methyl/N-ethyl adjacent to an activating group) is 2. The summed E-state index contributed by atoms with van der Waals surface area (Å²) >= 11 is 38.8. The lowest BCUT2D eigenvalue weighted by molar-refractivity contribution is -0.125. The fourth-order valence-corrected chi connectivity index (χ4v) is 13.8. The van der Waals surface area contributed by atoms with Crippen molar-refractivity contribution in [2.75, 3.05) is 90.7 Å². The van der Waals surface area contributed by atoms with Crippen molar-refractivity contribution in [3.8, 4) is 33.4 Å². The van der Waals surface area contributed by atoms with Crippen molar-refractivity contribution in [2.45, 2.75) is 56.3 Å². The second-order valence-corrected chi connectivity index (χ2v) is 25.5. The number of hydrogen-bond donors (Lipinski definition) is 3. The van der Waals surface area contributed by atoms with Crippen LogP contribution in [0.15, 0.2) is 129 Å². The molecule has 1 aliphatic carbocycles. The molecule has 472 valence electrons. The largest absolute Gasteiger partial charge is 0.383 e. The number of halogens is 6. The summed E-state index contributed by atoms with van der Waals surface area (Å²) in [7, 11) is 6.03. The fourth-order valence-electron chi connectivity index (χ4n) is 12.2. The minimum atomic E-state index is -0.0860. The standard InChI is InChI=1S/C24H26Cl2N6O.C22H24Cl2N6O.C19H17Cl2N5O/c1-30(17-8-9-17)11-2-3-19(33)31-12-10-18(13-31)32-22(26)20(15-4-6-16(25)7-5-15)21-23(27)28-14-29-24(21)32;1-28(2)10-3-4-17(31)29-11-9-16(12-29)30-20(24)18(14-5-7-15(23)8-6-14)19-21(25)26-13-27-22(19)30;1-2-14(27)25-8-7-13(9-25)26-17(21)15(11-3-5-12(20)6-4-11)16-18(22)23-10-24-19(16)26/h2-7,14,17-18H,8-13H2,1H3,(H2,27,28,29);3-8,13,16H,9-12H2,1-2H3,(H2,25,26,27);2-6,10,13H,1,7-9H2,(H2,22,23,24)/b3-2+;4-3+;/t18-;16-;13-/m111/s1. The van der Waals surface area contributed by atoms with Gasteiger partial charge < -0.3 is 50.5 Å². The lowest BCUT2D eigenvalue weighted by Crippen LogP contribution is -2.28. The molecule has 4 fully saturated rings. The highest BCUT2D eigenvalue weighted by atomic mass is 35.5. The van der Waals surface area contributed by atoms with Gasteiger partial charge in [-0.25, -0.2) is 29.9 Å². The molecule has 3 saturated heterocycles. The molecule has 13 rings (SSSR count). The zero-order valence-corrected chi connectivity index (χ0v) is 54.8. The van der Waals surface area contributed by atoms with Crippen molar-refractivity contribution in [1.82, 2.24) is 68.1 Å². The average Bonchev–Trinajstić information content (AvgIpc) is 1.62. The van der Waals surface area contributed by atoms with E-state index in [2.05, 4.69) is 48.4 Å². The molecule has 3 atom stereocenters. The van der Waals surface area contributed by atoms with Crippen LogP contribution in [-0.4, -0.2) is 165 Å². The lowest BCUT2D eigenvalue weighted by atomic mass is 10.1. The molecule has 0 radical (unpaired) electrons. The van der Waals surface area contributed by atoms with Gasteiger partial charge in [-0.1, -0.05) is 125 Å². The molecular weight excluding hydrogens is 1280 g/mol. The quantitative estimate of drug-likeness (QED) is 0.0859. The average molecular weight is 1350 g/mol. The predicted molar refractivity (Wildman–Crippen MR) is 366 cm³/mol. The summed E-state index contributed by atoms with van der Waals surface area (Å²) in [6.07, 6.45) is 17.7.